The third-order valence-corrected chi connectivity index (χ3v) is 5.31. The summed E-state index contributed by atoms with van der Waals surface area (Å²) >= 11 is 0. The molecule has 0 bridgehead atoms. The van der Waals surface area contributed by atoms with Crippen LogP contribution in [0.15, 0.2) is 59.4 Å². The van der Waals surface area contributed by atoms with Gasteiger partial charge in [-0.3, -0.25) is 4.79 Å². The molecule has 4 aromatic rings. The van der Waals surface area contributed by atoms with Crippen molar-refractivity contribution >= 4 is 21.7 Å². The van der Waals surface area contributed by atoms with Gasteiger partial charge in [-0.2, -0.15) is 0 Å². The highest BCUT2D eigenvalue weighted by molar-refractivity contribution is 6.14. The van der Waals surface area contributed by atoms with Crippen LogP contribution in [0.1, 0.15) is 24.0 Å². The van der Waals surface area contributed by atoms with Crippen LogP contribution in [0, 0.1) is 6.92 Å². The van der Waals surface area contributed by atoms with Gasteiger partial charge in [0.25, 0.3) is 5.56 Å². The van der Waals surface area contributed by atoms with Crippen LogP contribution in [0.3, 0.4) is 0 Å². The summed E-state index contributed by atoms with van der Waals surface area (Å²) < 4.78 is 0. The first kappa shape index (κ1) is 17.3. The number of aromatic amines is 1. The molecule has 1 unspecified atom stereocenters. The molecule has 4 N–H and O–H groups in total. The number of aromatic nitrogens is 1. The minimum atomic E-state index is -0.120. The zero-order valence-corrected chi connectivity index (χ0v) is 15.4. The van der Waals surface area contributed by atoms with E-state index in [2.05, 4.69) is 11.9 Å². The number of aryl methyl sites for hydroxylation is 1. The zero-order chi connectivity index (χ0) is 19.1. The number of rotatable bonds is 3. The smallest absolute Gasteiger partial charge is 0.256 e. The summed E-state index contributed by atoms with van der Waals surface area (Å²) in [6, 6.07) is 17.3. The van der Waals surface area contributed by atoms with Crippen LogP contribution >= 0.6 is 0 Å². The van der Waals surface area contributed by atoms with Crippen molar-refractivity contribution < 1.29 is 5.11 Å². The van der Waals surface area contributed by atoms with Crippen molar-refractivity contribution in [3.8, 4) is 16.9 Å². The molecule has 0 saturated heterocycles. The van der Waals surface area contributed by atoms with E-state index in [-0.39, 0.29) is 17.2 Å². The predicted molar refractivity (Wildman–Crippen MR) is 111 cm³/mol. The lowest BCUT2D eigenvalue weighted by Gasteiger charge is -2.15. The normalized spacial score (nSPS) is 12.6. The topological polar surface area (TPSA) is 79.1 Å². The van der Waals surface area contributed by atoms with Crippen molar-refractivity contribution in [2.75, 3.05) is 6.54 Å². The Kier molecular flexibility index (Phi) is 4.21. The Bertz CT molecular complexity index is 1210. The van der Waals surface area contributed by atoms with Gasteiger partial charge in [0.2, 0.25) is 0 Å². The molecule has 0 amide bonds. The molecule has 1 aromatic heterocycles. The average molecular weight is 358 g/mol. The van der Waals surface area contributed by atoms with E-state index < -0.39 is 0 Å². The summed E-state index contributed by atoms with van der Waals surface area (Å²) in [5.41, 5.74) is 10.0. The van der Waals surface area contributed by atoms with Crippen molar-refractivity contribution in [3.63, 3.8) is 0 Å². The maximum atomic E-state index is 12.5. The standard InChI is InChI=1S/C23H22N2O2/c1-13-11-19(26)20(16-9-7-15(8-10-16)14(2)12-24)21-17-5-3-4-6-18(17)23(27)25-22(13)21/h3-11,14,26H,12,24H2,1-2H3,(H,25,27). The van der Waals surface area contributed by atoms with Crippen molar-refractivity contribution in [2.24, 2.45) is 5.73 Å². The molecule has 4 nitrogen and oxygen atoms in total. The van der Waals surface area contributed by atoms with E-state index in [1.807, 2.05) is 55.5 Å². The molecule has 0 fully saturated rings. The second-order valence-corrected chi connectivity index (χ2v) is 7.10. The van der Waals surface area contributed by atoms with Gasteiger partial charge in [0.15, 0.2) is 0 Å². The Labute approximate surface area is 157 Å². The average Bonchev–Trinajstić information content (AvgIpc) is 2.69. The van der Waals surface area contributed by atoms with Gasteiger partial charge >= 0.3 is 0 Å². The van der Waals surface area contributed by atoms with Gasteiger partial charge < -0.3 is 15.8 Å². The van der Waals surface area contributed by atoms with Gasteiger partial charge in [0.05, 0.1) is 5.52 Å². The van der Waals surface area contributed by atoms with E-state index >= 15 is 0 Å². The molecule has 0 spiro atoms. The number of hydrogen-bond acceptors (Lipinski definition) is 3. The molecule has 0 radical (unpaired) electrons. The van der Waals surface area contributed by atoms with Crippen LogP contribution in [-0.2, 0) is 0 Å². The molecule has 136 valence electrons. The highest BCUT2D eigenvalue weighted by Gasteiger charge is 2.17. The van der Waals surface area contributed by atoms with Crippen LogP contribution in [0.25, 0.3) is 32.8 Å². The Morgan fingerprint density at radius 2 is 1.74 bits per heavy atom. The molecular formula is C23H22N2O2. The van der Waals surface area contributed by atoms with Crippen molar-refractivity contribution in [1.29, 1.82) is 0 Å². The Morgan fingerprint density at radius 1 is 1.07 bits per heavy atom. The molecule has 1 atom stereocenters. The lowest BCUT2D eigenvalue weighted by atomic mass is 9.92. The highest BCUT2D eigenvalue weighted by Crippen LogP contribution is 2.40. The molecule has 0 saturated carbocycles. The van der Waals surface area contributed by atoms with Gasteiger partial charge in [-0.25, -0.2) is 0 Å². The van der Waals surface area contributed by atoms with E-state index in [9.17, 15) is 9.90 Å². The highest BCUT2D eigenvalue weighted by atomic mass is 16.3. The van der Waals surface area contributed by atoms with Crippen molar-refractivity contribution in [1.82, 2.24) is 4.98 Å². The molecule has 27 heavy (non-hydrogen) atoms. The van der Waals surface area contributed by atoms with E-state index in [1.165, 1.54) is 0 Å². The number of phenols is 1. The number of aromatic hydroxyl groups is 1. The Hall–Kier alpha value is -3.11. The van der Waals surface area contributed by atoms with E-state index in [1.54, 1.807) is 6.07 Å². The minimum Gasteiger partial charge on any atom is -0.507 e. The second kappa shape index (κ2) is 6.56. The second-order valence-electron chi connectivity index (χ2n) is 7.10. The lowest BCUT2D eigenvalue weighted by molar-refractivity contribution is 0.477. The first-order valence-corrected chi connectivity index (χ1v) is 9.09. The molecule has 4 rings (SSSR count). The van der Waals surface area contributed by atoms with Gasteiger partial charge in [-0.05, 0) is 53.6 Å². The van der Waals surface area contributed by atoms with E-state index in [0.717, 1.165) is 38.5 Å². The number of fused-ring (bicyclic) bond motifs is 3. The largest absolute Gasteiger partial charge is 0.507 e. The Morgan fingerprint density at radius 3 is 2.41 bits per heavy atom. The molecule has 0 aliphatic rings. The van der Waals surface area contributed by atoms with Gasteiger partial charge in [-0.15, -0.1) is 0 Å². The number of pyridine rings is 1. The zero-order valence-electron chi connectivity index (χ0n) is 15.4. The van der Waals surface area contributed by atoms with Crippen LogP contribution in [-0.4, -0.2) is 16.6 Å². The lowest BCUT2D eigenvalue weighted by Crippen LogP contribution is -2.08. The third-order valence-electron chi connectivity index (χ3n) is 5.31. The summed E-state index contributed by atoms with van der Waals surface area (Å²) in [7, 11) is 0. The molecule has 1 heterocycles. The monoisotopic (exact) mass is 358 g/mol. The number of benzene rings is 3. The molecule has 0 aliphatic heterocycles. The number of phenolic OH excluding ortho intramolecular Hbond substituents is 1. The molecule has 0 aliphatic carbocycles. The number of nitrogens with one attached hydrogen (secondary N) is 1. The fourth-order valence-electron chi connectivity index (χ4n) is 3.72. The van der Waals surface area contributed by atoms with Crippen LogP contribution in [0.4, 0.5) is 0 Å². The van der Waals surface area contributed by atoms with Gasteiger partial charge in [-0.1, -0.05) is 49.4 Å². The predicted octanol–water partition coefficient (Wildman–Crippen LogP) is 4.42. The first-order valence-electron chi connectivity index (χ1n) is 9.09. The van der Waals surface area contributed by atoms with Crippen LogP contribution in [0.5, 0.6) is 5.75 Å². The first-order chi connectivity index (χ1) is 13.0. The van der Waals surface area contributed by atoms with Gasteiger partial charge in [0.1, 0.15) is 5.75 Å². The summed E-state index contributed by atoms with van der Waals surface area (Å²) in [5.74, 6) is 0.483. The van der Waals surface area contributed by atoms with E-state index in [0.29, 0.717) is 11.9 Å². The third kappa shape index (κ3) is 2.78. The van der Waals surface area contributed by atoms with Crippen molar-refractivity contribution in [2.45, 2.75) is 19.8 Å². The van der Waals surface area contributed by atoms with Gasteiger partial charge in [0, 0.05) is 16.3 Å². The summed E-state index contributed by atoms with van der Waals surface area (Å²) in [4.78, 5) is 15.5. The maximum absolute atomic E-state index is 12.5. The van der Waals surface area contributed by atoms with E-state index in [4.69, 9.17) is 5.73 Å². The number of H-pyrrole nitrogens is 1. The molecular weight excluding hydrogens is 336 g/mol. The number of hydrogen-bond donors (Lipinski definition) is 3. The van der Waals surface area contributed by atoms with Crippen LogP contribution < -0.4 is 11.3 Å². The number of nitrogens with two attached hydrogens (primary N) is 1. The molecule has 3 aromatic carbocycles. The van der Waals surface area contributed by atoms with Crippen molar-refractivity contribution in [3.05, 3.63) is 76.1 Å². The fourth-order valence-corrected chi connectivity index (χ4v) is 3.72. The Balaban J connectivity index is 2.09. The quantitative estimate of drug-likeness (QED) is 0.474. The molecule has 4 heteroatoms. The summed E-state index contributed by atoms with van der Waals surface area (Å²) in [6.45, 7) is 4.57. The van der Waals surface area contributed by atoms with Crippen LogP contribution in [0.2, 0.25) is 0 Å². The summed E-state index contributed by atoms with van der Waals surface area (Å²) in [6.07, 6.45) is 0. The minimum absolute atomic E-state index is 0.120. The SMILES string of the molecule is Cc1cc(O)c(-c2ccc(C(C)CN)cc2)c2c1[nH]c(=O)c1ccccc12. The fraction of sp³-hybridized carbons (Fsp3) is 0.174. The summed E-state index contributed by atoms with van der Waals surface area (Å²) in [5, 5.41) is 13.1. The maximum Gasteiger partial charge on any atom is 0.256 e.